The average molecular weight is 247 g/mol. The van der Waals surface area contributed by atoms with Crippen LogP contribution in [-0.2, 0) is 11.2 Å². The number of rotatable bonds is 6. The second-order valence-electron chi connectivity index (χ2n) is 5.28. The molecule has 1 aliphatic heterocycles. The summed E-state index contributed by atoms with van der Waals surface area (Å²) in [6, 6.07) is 11.4. The largest absolute Gasteiger partial charge is 0.381 e. The van der Waals surface area contributed by atoms with Crippen molar-refractivity contribution >= 4 is 0 Å². The van der Waals surface area contributed by atoms with Crippen molar-refractivity contribution in [3.63, 3.8) is 0 Å². The zero-order valence-corrected chi connectivity index (χ0v) is 11.4. The number of benzene rings is 1. The van der Waals surface area contributed by atoms with Crippen molar-refractivity contribution in [2.45, 2.75) is 38.6 Å². The van der Waals surface area contributed by atoms with Crippen LogP contribution in [0.4, 0.5) is 0 Å². The minimum atomic E-state index is 0.629. The van der Waals surface area contributed by atoms with E-state index in [0.29, 0.717) is 6.04 Å². The zero-order valence-electron chi connectivity index (χ0n) is 11.4. The van der Waals surface area contributed by atoms with Crippen LogP contribution in [0.25, 0.3) is 0 Å². The highest BCUT2D eigenvalue weighted by Crippen LogP contribution is 2.18. The highest BCUT2D eigenvalue weighted by atomic mass is 16.5. The summed E-state index contributed by atoms with van der Waals surface area (Å²) in [6.07, 6.45) is 4.83. The van der Waals surface area contributed by atoms with Crippen molar-refractivity contribution < 1.29 is 4.74 Å². The predicted molar refractivity (Wildman–Crippen MR) is 75.8 cm³/mol. The van der Waals surface area contributed by atoms with E-state index >= 15 is 0 Å². The van der Waals surface area contributed by atoms with Crippen LogP contribution in [0.15, 0.2) is 30.3 Å². The molecule has 0 aliphatic carbocycles. The third kappa shape index (κ3) is 4.43. The fourth-order valence-electron chi connectivity index (χ4n) is 2.65. The summed E-state index contributed by atoms with van der Waals surface area (Å²) in [7, 11) is 0. The van der Waals surface area contributed by atoms with Gasteiger partial charge in [0, 0.05) is 19.3 Å². The first-order valence-electron chi connectivity index (χ1n) is 7.21. The predicted octanol–water partition coefficient (Wildman–Crippen LogP) is 3.02. The van der Waals surface area contributed by atoms with Gasteiger partial charge in [-0.3, -0.25) is 0 Å². The van der Waals surface area contributed by atoms with Gasteiger partial charge in [0.15, 0.2) is 0 Å². The fraction of sp³-hybridized carbons (Fsp3) is 0.625. The monoisotopic (exact) mass is 247 g/mol. The maximum Gasteiger partial charge on any atom is 0.0469 e. The van der Waals surface area contributed by atoms with Crippen molar-refractivity contribution in [2.75, 3.05) is 19.8 Å². The molecule has 1 fully saturated rings. The number of ether oxygens (including phenoxy) is 1. The first-order valence-corrected chi connectivity index (χ1v) is 7.21. The summed E-state index contributed by atoms with van der Waals surface area (Å²) in [5, 5.41) is 3.67. The maximum atomic E-state index is 5.41. The van der Waals surface area contributed by atoms with Gasteiger partial charge < -0.3 is 10.1 Å². The van der Waals surface area contributed by atoms with E-state index in [9.17, 15) is 0 Å². The van der Waals surface area contributed by atoms with Gasteiger partial charge >= 0.3 is 0 Å². The lowest BCUT2D eigenvalue weighted by atomic mass is 9.93. The second kappa shape index (κ2) is 7.55. The molecule has 1 atom stereocenters. The molecule has 18 heavy (non-hydrogen) atoms. The van der Waals surface area contributed by atoms with E-state index in [1.165, 1.54) is 31.2 Å². The van der Waals surface area contributed by atoms with Crippen molar-refractivity contribution in [3.8, 4) is 0 Å². The van der Waals surface area contributed by atoms with Crippen molar-refractivity contribution in [2.24, 2.45) is 5.92 Å². The standard InChI is InChI=1S/C16H25NO/c1-14(16-9-12-18-13-10-16)17-11-5-8-15-6-3-2-4-7-15/h2-4,6-7,14,16-17H,5,8-13H2,1H3. The first kappa shape index (κ1) is 13.6. The van der Waals surface area contributed by atoms with Gasteiger partial charge in [0.2, 0.25) is 0 Å². The number of aryl methyl sites for hydroxylation is 1. The van der Waals surface area contributed by atoms with E-state index in [1.54, 1.807) is 0 Å². The van der Waals surface area contributed by atoms with Gasteiger partial charge in [-0.15, -0.1) is 0 Å². The first-order chi connectivity index (χ1) is 8.86. The Labute approximate surface area is 111 Å². The van der Waals surface area contributed by atoms with Gasteiger partial charge in [0.05, 0.1) is 0 Å². The topological polar surface area (TPSA) is 21.3 Å². The molecule has 0 amide bonds. The van der Waals surface area contributed by atoms with Gasteiger partial charge in [0.1, 0.15) is 0 Å². The minimum Gasteiger partial charge on any atom is -0.381 e. The Hall–Kier alpha value is -0.860. The minimum absolute atomic E-state index is 0.629. The van der Waals surface area contributed by atoms with Gasteiger partial charge in [-0.1, -0.05) is 30.3 Å². The van der Waals surface area contributed by atoms with Crippen LogP contribution in [0.2, 0.25) is 0 Å². The van der Waals surface area contributed by atoms with Crippen LogP contribution in [0.1, 0.15) is 31.7 Å². The normalized spacial score (nSPS) is 18.7. The van der Waals surface area contributed by atoms with Gasteiger partial charge in [-0.05, 0) is 50.6 Å². The molecule has 0 saturated carbocycles. The Bertz CT molecular complexity index is 319. The van der Waals surface area contributed by atoms with Crippen molar-refractivity contribution in [1.29, 1.82) is 0 Å². The summed E-state index contributed by atoms with van der Waals surface area (Å²) < 4.78 is 5.41. The molecule has 1 unspecified atom stereocenters. The molecule has 2 nitrogen and oxygen atoms in total. The molecule has 1 aromatic carbocycles. The quantitative estimate of drug-likeness (QED) is 0.780. The molecule has 100 valence electrons. The van der Waals surface area contributed by atoms with Crippen LogP contribution < -0.4 is 5.32 Å². The number of hydrogen-bond acceptors (Lipinski definition) is 2. The van der Waals surface area contributed by atoms with Gasteiger partial charge in [-0.2, -0.15) is 0 Å². The summed E-state index contributed by atoms with van der Waals surface area (Å²) in [5.74, 6) is 0.801. The Morgan fingerprint density at radius 2 is 1.94 bits per heavy atom. The van der Waals surface area contributed by atoms with E-state index in [-0.39, 0.29) is 0 Å². The smallest absolute Gasteiger partial charge is 0.0469 e. The Balaban J connectivity index is 1.60. The highest BCUT2D eigenvalue weighted by Gasteiger charge is 2.19. The molecule has 0 radical (unpaired) electrons. The highest BCUT2D eigenvalue weighted by molar-refractivity contribution is 5.14. The van der Waals surface area contributed by atoms with E-state index in [4.69, 9.17) is 4.74 Å². The van der Waals surface area contributed by atoms with E-state index in [1.807, 2.05) is 0 Å². The lowest BCUT2D eigenvalue weighted by Gasteiger charge is -2.28. The van der Waals surface area contributed by atoms with Crippen LogP contribution in [0, 0.1) is 5.92 Å². The van der Waals surface area contributed by atoms with Crippen LogP contribution in [0.5, 0.6) is 0 Å². The lowest BCUT2D eigenvalue weighted by Crippen LogP contribution is -2.37. The fourth-order valence-corrected chi connectivity index (χ4v) is 2.65. The lowest BCUT2D eigenvalue weighted by molar-refractivity contribution is 0.0560. The molecule has 0 spiro atoms. The van der Waals surface area contributed by atoms with E-state index in [0.717, 1.165) is 25.7 Å². The molecular formula is C16H25NO. The molecule has 1 N–H and O–H groups in total. The van der Waals surface area contributed by atoms with Crippen LogP contribution >= 0.6 is 0 Å². The molecule has 1 aromatic rings. The molecule has 1 aliphatic rings. The van der Waals surface area contributed by atoms with Crippen molar-refractivity contribution in [3.05, 3.63) is 35.9 Å². The Kier molecular flexibility index (Phi) is 5.69. The van der Waals surface area contributed by atoms with Gasteiger partial charge in [-0.25, -0.2) is 0 Å². The van der Waals surface area contributed by atoms with Gasteiger partial charge in [0.25, 0.3) is 0 Å². The molecule has 0 bridgehead atoms. The van der Waals surface area contributed by atoms with E-state index < -0.39 is 0 Å². The third-order valence-corrected chi connectivity index (χ3v) is 3.92. The maximum absolute atomic E-state index is 5.41. The number of hydrogen-bond donors (Lipinski definition) is 1. The molecule has 2 rings (SSSR count). The van der Waals surface area contributed by atoms with Crippen LogP contribution in [-0.4, -0.2) is 25.8 Å². The Morgan fingerprint density at radius 1 is 1.22 bits per heavy atom. The summed E-state index contributed by atoms with van der Waals surface area (Å²) in [5.41, 5.74) is 1.44. The summed E-state index contributed by atoms with van der Waals surface area (Å²) >= 11 is 0. The van der Waals surface area contributed by atoms with Crippen LogP contribution in [0.3, 0.4) is 0 Å². The summed E-state index contributed by atoms with van der Waals surface area (Å²) in [6.45, 7) is 5.33. The number of nitrogens with one attached hydrogen (secondary N) is 1. The zero-order chi connectivity index (χ0) is 12.6. The van der Waals surface area contributed by atoms with E-state index in [2.05, 4.69) is 42.6 Å². The molecular weight excluding hydrogens is 222 g/mol. The average Bonchev–Trinajstić information content (AvgIpc) is 2.45. The van der Waals surface area contributed by atoms with Crippen molar-refractivity contribution in [1.82, 2.24) is 5.32 Å². The third-order valence-electron chi connectivity index (χ3n) is 3.92. The summed E-state index contributed by atoms with van der Waals surface area (Å²) in [4.78, 5) is 0. The second-order valence-corrected chi connectivity index (χ2v) is 5.28. The SMILES string of the molecule is CC(NCCCc1ccccc1)C1CCOCC1. The Morgan fingerprint density at radius 3 is 2.67 bits per heavy atom. The molecule has 1 heterocycles. The molecule has 2 heteroatoms. The molecule has 0 aromatic heterocycles. The molecule has 1 saturated heterocycles.